The van der Waals surface area contributed by atoms with Crippen molar-refractivity contribution in [2.75, 3.05) is 26.2 Å². The van der Waals surface area contributed by atoms with Gasteiger partial charge in [0.2, 0.25) is 11.8 Å². The Morgan fingerprint density at radius 1 is 1.07 bits per heavy atom. The van der Waals surface area contributed by atoms with Crippen molar-refractivity contribution in [2.24, 2.45) is 5.73 Å². The molecule has 2 aromatic rings. The molecule has 1 atom stereocenters. The summed E-state index contributed by atoms with van der Waals surface area (Å²) in [6, 6.07) is 13.4. The Balaban J connectivity index is 1.38. The van der Waals surface area contributed by atoms with Crippen molar-refractivity contribution in [1.29, 1.82) is 0 Å². The quantitative estimate of drug-likeness (QED) is 0.194. The van der Waals surface area contributed by atoms with Crippen molar-refractivity contribution >= 4 is 11.8 Å². The maximum Gasteiger partial charge on any atom is 0.222 e. The highest BCUT2D eigenvalue weighted by molar-refractivity contribution is 5.78. The standard InChI is InChI=1S/C33H48FN3O4/c1-3-17-37(32(40)12-8-11-31(35)39)18-5-6-19-41-30-22-26(21-28(34)23-30)13-14-29(38)24-36-33(15-16-33)27-10-7-9-25(4-2)20-27/h7,9-10,20-23,29,36,38H,3-6,8,11-19,24H2,1-2H3,(H2,35,39)/t29-/m0/s1. The van der Waals surface area contributed by atoms with Crippen LogP contribution < -0.4 is 15.8 Å². The number of nitrogens with one attached hydrogen (secondary N) is 1. The van der Waals surface area contributed by atoms with Crippen LogP contribution in [-0.4, -0.2) is 54.2 Å². The Hall–Kier alpha value is -2.97. The third-order valence-electron chi connectivity index (χ3n) is 7.76. The Kier molecular flexibility index (Phi) is 13.1. The van der Waals surface area contributed by atoms with Gasteiger partial charge in [-0.25, -0.2) is 4.39 Å². The number of hydrogen-bond donors (Lipinski definition) is 3. The van der Waals surface area contributed by atoms with Gasteiger partial charge in [0.1, 0.15) is 11.6 Å². The average molecular weight is 570 g/mol. The molecule has 0 saturated heterocycles. The Morgan fingerprint density at radius 3 is 2.59 bits per heavy atom. The molecule has 226 valence electrons. The van der Waals surface area contributed by atoms with Crippen LogP contribution in [0.5, 0.6) is 5.75 Å². The second kappa shape index (κ2) is 16.5. The van der Waals surface area contributed by atoms with Crippen LogP contribution in [0, 0.1) is 5.82 Å². The number of aryl methyl sites for hydroxylation is 2. The zero-order chi connectivity index (χ0) is 29.7. The van der Waals surface area contributed by atoms with Crippen LogP contribution in [-0.2, 0) is 28.0 Å². The number of benzene rings is 2. The molecule has 0 aliphatic heterocycles. The molecule has 2 aromatic carbocycles. The maximum atomic E-state index is 14.3. The smallest absolute Gasteiger partial charge is 0.222 e. The zero-order valence-electron chi connectivity index (χ0n) is 24.8. The number of primary amides is 1. The van der Waals surface area contributed by atoms with Crippen LogP contribution >= 0.6 is 0 Å². The number of rotatable bonds is 20. The van der Waals surface area contributed by atoms with Crippen molar-refractivity contribution in [2.45, 2.75) is 96.1 Å². The van der Waals surface area contributed by atoms with Gasteiger partial charge >= 0.3 is 0 Å². The van der Waals surface area contributed by atoms with E-state index in [2.05, 4.69) is 36.5 Å². The van der Waals surface area contributed by atoms with Gasteiger partial charge in [-0.05, 0) is 86.6 Å². The van der Waals surface area contributed by atoms with E-state index < -0.39 is 6.10 Å². The lowest BCUT2D eigenvalue weighted by Gasteiger charge is -2.22. The topological polar surface area (TPSA) is 105 Å². The monoisotopic (exact) mass is 569 g/mol. The second-order valence-electron chi connectivity index (χ2n) is 11.3. The first-order valence-electron chi connectivity index (χ1n) is 15.3. The fourth-order valence-corrected chi connectivity index (χ4v) is 5.18. The van der Waals surface area contributed by atoms with Gasteiger partial charge in [-0.2, -0.15) is 0 Å². The summed E-state index contributed by atoms with van der Waals surface area (Å²) in [5.74, 6) is -0.220. The highest BCUT2D eigenvalue weighted by atomic mass is 19.1. The number of unbranched alkanes of at least 4 members (excludes halogenated alkanes) is 1. The summed E-state index contributed by atoms with van der Waals surface area (Å²) >= 11 is 0. The lowest BCUT2D eigenvalue weighted by Crippen LogP contribution is -2.36. The van der Waals surface area contributed by atoms with E-state index in [1.165, 1.54) is 23.3 Å². The van der Waals surface area contributed by atoms with Crippen LogP contribution in [0.25, 0.3) is 0 Å². The summed E-state index contributed by atoms with van der Waals surface area (Å²) in [6.07, 6.45) is 7.09. The molecule has 41 heavy (non-hydrogen) atoms. The van der Waals surface area contributed by atoms with E-state index in [0.717, 1.165) is 44.1 Å². The molecule has 3 rings (SSSR count). The molecule has 4 N–H and O–H groups in total. The molecule has 1 fully saturated rings. The van der Waals surface area contributed by atoms with Crippen molar-refractivity contribution < 1.29 is 23.8 Å². The molecule has 0 heterocycles. The van der Waals surface area contributed by atoms with E-state index in [1.54, 1.807) is 0 Å². The maximum absolute atomic E-state index is 14.3. The first-order valence-corrected chi connectivity index (χ1v) is 15.3. The number of nitrogens with zero attached hydrogens (tertiary/aromatic N) is 1. The minimum Gasteiger partial charge on any atom is -0.493 e. The van der Waals surface area contributed by atoms with Crippen LogP contribution in [0.1, 0.15) is 88.3 Å². The van der Waals surface area contributed by atoms with Gasteiger partial charge in [0.15, 0.2) is 0 Å². The third-order valence-corrected chi connectivity index (χ3v) is 7.76. The molecule has 0 aromatic heterocycles. The van der Waals surface area contributed by atoms with E-state index in [4.69, 9.17) is 10.5 Å². The molecule has 1 aliphatic carbocycles. The van der Waals surface area contributed by atoms with Gasteiger partial charge in [0.05, 0.1) is 12.7 Å². The molecule has 0 spiro atoms. The third kappa shape index (κ3) is 11.1. The number of ether oxygens (including phenoxy) is 1. The predicted octanol–water partition coefficient (Wildman–Crippen LogP) is 5.01. The summed E-state index contributed by atoms with van der Waals surface area (Å²) in [6.45, 7) is 6.41. The van der Waals surface area contributed by atoms with Crippen LogP contribution in [0.4, 0.5) is 4.39 Å². The fourth-order valence-electron chi connectivity index (χ4n) is 5.18. The van der Waals surface area contributed by atoms with Gasteiger partial charge in [0.25, 0.3) is 0 Å². The minimum atomic E-state index is -0.529. The summed E-state index contributed by atoms with van der Waals surface area (Å²) in [4.78, 5) is 25.2. The van der Waals surface area contributed by atoms with E-state index in [-0.39, 0.29) is 29.6 Å². The van der Waals surface area contributed by atoms with Gasteiger partial charge in [-0.1, -0.05) is 38.1 Å². The summed E-state index contributed by atoms with van der Waals surface area (Å²) in [5.41, 5.74) is 8.54. The van der Waals surface area contributed by atoms with Crippen molar-refractivity contribution in [3.8, 4) is 5.75 Å². The van der Waals surface area contributed by atoms with E-state index in [9.17, 15) is 19.1 Å². The predicted molar refractivity (Wildman–Crippen MR) is 160 cm³/mol. The van der Waals surface area contributed by atoms with Crippen LogP contribution in [0.2, 0.25) is 0 Å². The number of halogens is 1. The molecule has 1 saturated carbocycles. The Morgan fingerprint density at radius 2 is 1.88 bits per heavy atom. The van der Waals surface area contributed by atoms with Gasteiger partial charge in [-0.3, -0.25) is 9.59 Å². The zero-order valence-corrected chi connectivity index (χ0v) is 24.8. The number of nitrogens with two attached hydrogens (primary N) is 1. The Labute approximate surface area is 244 Å². The number of carbonyl (C=O) groups excluding carboxylic acids is 2. The van der Waals surface area contributed by atoms with E-state index >= 15 is 0 Å². The summed E-state index contributed by atoms with van der Waals surface area (Å²) in [5, 5.41) is 14.2. The molecule has 7 nitrogen and oxygen atoms in total. The Bertz CT molecular complexity index is 1120. The van der Waals surface area contributed by atoms with Crippen molar-refractivity contribution in [1.82, 2.24) is 10.2 Å². The number of amides is 2. The molecule has 8 heteroatoms. The number of hydrogen-bond acceptors (Lipinski definition) is 5. The minimum absolute atomic E-state index is 0.0300. The SMILES string of the molecule is CCCN(CCCCOc1cc(F)cc(CC[C@H](O)CNC2(c3cccc(CC)c3)CC2)c1)C(=O)CCCC(N)=O. The number of aliphatic hydroxyl groups excluding tert-OH is 1. The van der Waals surface area contributed by atoms with Gasteiger partial charge < -0.3 is 25.8 Å². The largest absolute Gasteiger partial charge is 0.493 e. The summed E-state index contributed by atoms with van der Waals surface area (Å²) in [7, 11) is 0. The lowest BCUT2D eigenvalue weighted by molar-refractivity contribution is -0.131. The lowest BCUT2D eigenvalue weighted by atomic mass is 10.00. The van der Waals surface area contributed by atoms with E-state index in [0.29, 0.717) is 57.7 Å². The normalized spacial score (nSPS) is 14.4. The van der Waals surface area contributed by atoms with Crippen LogP contribution in [0.3, 0.4) is 0 Å². The number of aliphatic hydroxyl groups is 1. The highest BCUT2D eigenvalue weighted by Gasteiger charge is 2.44. The van der Waals surface area contributed by atoms with Crippen molar-refractivity contribution in [3.05, 3.63) is 65.0 Å². The highest BCUT2D eigenvalue weighted by Crippen LogP contribution is 2.45. The molecular formula is C33H48FN3O4. The average Bonchev–Trinajstić information content (AvgIpc) is 3.75. The molecule has 1 aliphatic rings. The summed E-state index contributed by atoms with van der Waals surface area (Å²) < 4.78 is 20.1. The molecule has 2 amide bonds. The molecule has 0 unspecified atom stereocenters. The first-order chi connectivity index (χ1) is 19.7. The van der Waals surface area contributed by atoms with Crippen molar-refractivity contribution in [3.63, 3.8) is 0 Å². The van der Waals surface area contributed by atoms with Gasteiger partial charge in [-0.15, -0.1) is 0 Å². The second-order valence-corrected chi connectivity index (χ2v) is 11.3. The van der Waals surface area contributed by atoms with E-state index in [1.807, 2.05) is 17.9 Å². The fraction of sp³-hybridized carbons (Fsp3) is 0.576. The molecule has 0 radical (unpaired) electrons. The molecular weight excluding hydrogens is 521 g/mol. The number of carbonyl (C=O) groups is 2. The first kappa shape index (κ1) is 32.5. The molecule has 0 bridgehead atoms. The van der Waals surface area contributed by atoms with Gasteiger partial charge in [0, 0.05) is 44.1 Å². The van der Waals surface area contributed by atoms with Crippen LogP contribution in [0.15, 0.2) is 42.5 Å².